The second kappa shape index (κ2) is 8.20. The molecule has 152 valence electrons. The zero-order valence-electron chi connectivity index (χ0n) is 17.7. The van der Waals surface area contributed by atoms with Crippen LogP contribution in [-0.2, 0) is 13.0 Å². The van der Waals surface area contributed by atoms with Crippen LogP contribution < -0.4 is 0 Å². The Hall–Kier alpha value is -1.71. The SMILES string of the molecule is CCCN1CC(CSC)C[C@@H]2c3cccc4c3c(cn4Cc3ccccc3)C[C@H]21. The van der Waals surface area contributed by atoms with Gasteiger partial charge in [-0.1, -0.05) is 49.4 Å². The molecule has 1 saturated heterocycles. The molecule has 5 rings (SSSR count). The number of rotatable bonds is 6. The summed E-state index contributed by atoms with van der Waals surface area (Å²) in [7, 11) is 0. The van der Waals surface area contributed by atoms with Crippen molar-refractivity contribution in [1.82, 2.24) is 9.47 Å². The van der Waals surface area contributed by atoms with E-state index < -0.39 is 0 Å². The first-order valence-corrected chi connectivity index (χ1v) is 12.6. The lowest BCUT2D eigenvalue weighted by atomic mass is 9.72. The first-order chi connectivity index (χ1) is 14.3. The summed E-state index contributed by atoms with van der Waals surface area (Å²) in [5.74, 6) is 2.80. The summed E-state index contributed by atoms with van der Waals surface area (Å²) >= 11 is 2.02. The van der Waals surface area contributed by atoms with Crippen LogP contribution in [0.4, 0.5) is 0 Å². The molecule has 0 radical (unpaired) electrons. The number of benzene rings is 2. The van der Waals surface area contributed by atoms with Crippen molar-refractivity contribution in [2.24, 2.45) is 5.92 Å². The average molecular weight is 405 g/mol. The van der Waals surface area contributed by atoms with Crippen molar-refractivity contribution in [3.8, 4) is 0 Å². The third-order valence-corrected chi connectivity index (χ3v) is 7.77. The highest BCUT2D eigenvalue weighted by atomic mass is 32.2. The Bertz CT molecular complexity index is 977. The Balaban J connectivity index is 1.55. The fourth-order valence-electron chi connectivity index (χ4n) is 5.89. The van der Waals surface area contributed by atoms with Crippen molar-refractivity contribution in [3.63, 3.8) is 0 Å². The molecule has 2 nitrogen and oxygen atoms in total. The van der Waals surface area contributed by atoms with Gasteiger partial charge in [0.05, 0.1) is 0 Å². The summed E-state index contributed by atoms with van der Waals surface area (Å²) in [6.45, 7) is 5.82. The maximum absolute atomic E-state index is 2.82. The molecule has 0 spiro atoms. The number of aromatic nitrogens is 1. The number of likely N-dealkylation sites (tertiary alicyclic amines) is 1. The first kappa shape index (κ1) is 19.3. The van der Waals surface area contributed by atoms with E-state index in [4.69, 9.17) is 0 Å². The van der Waals surface area contributed by atoms with Crippen molar-refractivity contribution < 1.29 is 0 Å². The number of hydrogen-bond acceptors (Lipinski definition) is 2. The van der Waals surface area contributed by atoms with Gasteiger partial charge < -0.3 is 4.57 Å². The maximum atomic E-state index is 2.82. The van der Waals surface area contributed by atoms with Crippen molar-refractivity contribution in [3.05, 3.63) is 71.4 Å². The fraction of sp³-hybridized carbons (Fsp3) is 0.462. The van der Waals surface area contributed by atoms with Gasteiger partial charge in [-0.2, -0.15) is 11.8 Å². The largest absolute Gasteiger partial charge is 0.343 e. The first-order valence-electron chi connectivity index (χ1n) is 11.2. The smallest absolute Gasteiger partial charge is 0.0489 e. The zero-order chi connectivity index (χ0) is 19.8. The summed E-state index contributed by atoms with van der Waals surface area (Å²) < 4.78 is 2.49. The van der Waals surface area contributed by atoms with Crippen LogP contribution in [0.25, 0.3) is 10.9 Å². The molecular formula is C26H32N2S. The lowest BCUT2D eigenvalue weighted by Crippen LogP contribution is -2.50. The molecule has 1 aliphatic carbocycles. The average Bonchev–Trinajstić information content (AvgIpc) is 3.09. The highest BCUT2D eigenvalue weighted by Crippen LogP contribution is 2.45. The number of piperidine rings is 1. The van der Waals surface area contributed by atoms with Crippen LogP contribution >= 0.6 is 11.8 Å². The van der Waals surface area contributed by atoms with E-state index in [0.717, 1.165) is 12.5 Å². The van der Waals surface area contributed by atoms with Gasteiger partial charge in [0.1, 0.15) is 0 Å². The van der Waals surface area contributed by atoms with Crippen molar-refractivity contribution in [2.45, 2.75) is 44.7 Å². The van der Waals surface area contributed by atoms with Gasteiger partial charge in [0, 0.05) is 42.1 Å². The van der Waals surface area contributed by atoms with Crippen LogP contribution in [0.2, 0.25) is 0 Å². The summed E-state index contributed by atoms with van der Waals surface area (Å²) in [5, 5.41) is 1.56. The lowest BCUT2D eigenvalue weighted by molar-refractivity contribution is 0.0926. The summed E-state index contributed by atoms with van der Waals surface area (Å²) in [6.07, 6.45) is 8.54. The molecule has 1 aromatic heterocycles. The van der Waals surface area contributed by atoms with E-state index in [1.165, 1.54) is 49.2 Å². The van der Waals surface area contributed by atoms with E-state index in [-0.39, 0.29) is 0 Å². The van der Waals surface area contributed by atoms with Crippen molar-refractivity contribution in [2.75, 3.05) is 25.1 Å². The van der Waals surface area contributed by atoms with Crippen LogP contribution in [0.5, 0.6) is 0 Å². The zero-order valence-corrected chi connectivity index (χ0v) is 18.5. The second-order valence-corrected chi connectivity index (χ2v) is 9.85. The van der Waals surface area contributed by atoms with Crippen LogP contribution in [0.3, 0.4) is 0 Å². The minimum atomic E-state index is 0.679. The highest BCUT2D eigenvalue weighted by molar-refractivity contribution is 7.98. The van der Waals surface area contributed by atoms with E-state index in [9.17, 15) is 0 Å². The van der Waals surface area contributed by atoms with Gasteiger partial charge in [0.25, 0.3) is 0 Å². The molecule has 1 aliphatic heterocycles. The molecule has 1 unspecified atom stereocenters. The Morgan fingerprint density at radius 3 is 2.72 bits per heavy atom. The van der Waals surface area contributed by atoms with E-state index >= 15 is 0 Å². The molecule has 2 aromatic carbocycles. The van der Waals surface area contributed by atoms with E-state index in [1.54, 1.807) is 16.5 Å². The van der Waals surface area contributed by atoms with Gasteiger partial charge in [-0.25, -0.2) is 0 Å². The highest BCUT2D eigenvalue weighted by Gasteiger charge is 2.40. The van der Waals surface area contributed by atoms with Crippen molar-refractivity contribution >= 4 is 22.7 Å². The third-order valence-electron chi connectivity index (χ3n) is 6.97. The maximum Gasteiger partial charge on any atom is 0.0489 e. The van der Waals surface area contributed by atoms with Gasteiger partial charge >= 0.3 is 0 Å². The molecule has 0 saturated carbocycles. The molecule has 0 amide bonds. The van der Waals surface area contributed by atoms with Gasteiger partial charge in [-0.15, -0.1) is 0 Å². The van der Waals surface area contributed by atoms with E-state index in [1.807, 2.05) is 11.8 Å². The molecule has 3 atom stereocenters. The summed E-state index contributed by atoms with van der Waals surface area (Å²) in [5.41, 5.74) is 5.99. The molecule has 2 heterocycles. The van der Waals surface area contributed by atoms with Gasteiger partial charge in [-0.3, -0.25) is 4.90 Å². The summed E-state index contributed by atoms with van der Waals surface area (Å²) in [6, 6.07) is 18.6. The lowest BCUT2D eigenvalue weighted by Gasteiger charge is -2.47. The fourth-order valence-corrected chi connectivity index (χ4v) is 6.60. The molecule has 2 aliphatic rings. The third kappa shape index (κ3) is 3.53. The number of nitrogens with zero attached hydrogens (tertiary/aromatic N) is 2. The molecule has 3 aromatic rings. The summed E-state index contributed by atoms with van der Waals surface area (Å²) in [4.78, 5) is 2.82. The quantitative estimate of drug-likeness (QED) is 0.513. The molecule has 3 heteroatoms. The number of thioether (sulfide) groups is 1. The van der Waals surface area contributed by atoms with Crippen LogP contribution in [0.1, 0.15) is 42.4 Å². The Kier molecular flexibility index (Phi) is 5.45. The van der Waals surface area contributed by atoms with Gasteiger partial charge in [-0.05, 0) is 66.5 Å². The predicted octanol–water partition coefficient (Wildman–Crippen LogP) is 5.79. The monoisotopic (exact) mass is 404 g/mol. The van der Waals surface area contributed by atoms with Crippen molar-refractivity contribution in [1.29, 1.82) is 0 Å². The Morgan fingerprint density at radius 1 is 1.07 bits per heavy atom. The topological polar surface area (TPSA) is 8.17 Å². The van der Waals surface area contributed by atoms with Gasteiger partial charge in [0.2, 0.25) is 0 Å². The molecule has 1 fully saturated rings. The minimum Gasteiger partial charge on any atom is -0.343 e. The Morgan fingerprint density at radius 2 is 1.93 bits per heavy atom. The minimum absolute atomic E-state index is 0.679. The van der Waals surface area contributed by atoms with Crippen LogP contribution in [-0.4, -0.2) is 40.6 Å². The molecular weight excluding hydrogens is 372 g/mol. The molecule has 29 heavy (non-hydrogen) atoms. The Labute approximate surface area is 179 Å². The van der Waals surface area contributed by atoms with E-state index in [0.29, 0.717) is 12.0 Å². The second-order valence-electron chi connectivity index (χ2n) is 8.94. The number of hydrogen-bond donors (Lipinski definition) is 0. The van der Waals surface area contributed by atoms with Crippen LogP contribution in [0, 0.1) is 5.92 Å². The van der Waals surface area contributed by atoms with E-state index in [2.05, 4.69) is 77.4 Å². The molecule has 0 bridgehead atoms. The normalized spacial score (nSPS) is 24.0. The molecule has 0 N–H and O–H groups in total. The number of fused-ring (bicyclic) bond motifs is 2. The standard InChI is InChI=1S/C26H32N2S/c1-3-12-27-16-20(18-29-2)13-23-22-10-7-11-24-26(22)21(14-25(23)27)17-28(24)15-19-8-5-4-6-9-19/h4-11,17,20,23,25H,3,12-16,18H2,1-2H3/t20?,23-,25-/m1/s1. The van der Waals surface area contributed by atoms with Crippen LogP contribution in [0.15, 0.2) is 54.7 Å². The van der Waals surface area contributed by atoms with Gasteiger partial charge in [0.15, 0.2) is 0 Å². The predicted molar refractivity (Wildman–Crippen MR) is 126 cm³/mol.